The van der Waals surface area contributed by atoms with Crippen LogP contribution in [0.25, 0.3) is 0 Å². The molecule has 0 spiro atoms. The molecule has 1 saturated heterocycles. The van der Waals surface area contributed by atoms with Gasteiger partial charge in [-0.15, -0.1) is 0 Å². The minimum absolute atomic E-state index is 0.0867. The summed E-state index contributed by atoms with van der Waals surface area (Å²) in [6, 6.07) is 8.16. The van der Waals surface area contributed by atoms with Crippen LogP contribution in [-0.2, 0) is 9.53 Å². The van der Waals surface area contributed by atoms with Gasteiger partial charge in [0, 0.05) is 19.0 Å². The highest BCUT2D eigenvalue weighted by Crippen LogP contribution is 2.32. The van der Waals surface area contributed by atoms with Gasteiger partial charge in [-0.1, -0.05) is 29.8 Å². The van der Waals surface area contributed by atoms with Crippen LogP contribution in [0.4, 0.5) is 4.79 Å². The van der Waals surface area contributed by atoms with Crippen LogP contribution in [0.1, 0.15) is 50.7 Å². The molecule has 1 aliphatic heterocycles. The molecule has 0 saturated carbocycles. The van der Waals surface area contributed by atoms with E-state index in [0.717, 1.165) is 24.7 Å². The second-order valence-electron chi connectivity index (χ2n) is 7.38. The SMILES string of the molecule is Cc1ccc(C(C=O)C2CCN(C(=O)OC(C)(C)C)CC2)cc1. The third-order valence-electron chi connectivity index (χ3n) is 4.31. The smallest absolute Gasteiger partial charge is 0.410 e. The summed E-state index contributed by atoms with van der Waals surface area (Å²) in [5.74, 6) is 0.199. The third kappa shape index (κ3) is 4.81. The van der Waals surface area contributed by atoms with E-state index in [1.165, 1.54) is 5.56 Å². The Morgan fingerprint density at radius 3 is 2.26 bits per heavy atom. The number of carbonyl (C=O) groups excluding carboxylic acids is 2. The van der Waals surface area contributed by atoms with Gasteiger partial charge in [-0.25, -0.2) is 4.79 Å². The molecular formula is C19H27NO3. The molecule has 1 aliphatic rings. The first-order valence-electron chi connectivity index (χ1n) is 8.30. The number of aryl methyl sites for hydroxylation is 1. The fourth-order valence-corrected chi connectivity index (χ4v) is 3.02. The summed E-state index contributed by atoms with van der Waals surface area (Å²) >= 11 is 0. The first-order chi connectivity index (χ1) is 10.8. The number of benzene rings is 1. The van der Waals surface area contributed by atoms with Gasteiger partial charge in [0.1, 0.15) is 11.9 Å². The number of nitrogens with zero attached hydrogens (tertiary/aromatic N) is 1. The lowest BCUT2D eigenvalue weighted by Gasteiger charge is -2.35. The molecule has 0 N–H and O–H groups in total. The van der Waals surface area contributed by atoms with Gasteiger partial charge in [-0.05, 0) is 52.0 Å². The lowest BCUT2D eigenvalue weighted by atomic mass is 9.81. The molecule has 23 heavy (non-hydrogen) atoms. The van der Waals surface area contributed by atoms with Crippen molar-refractivity contribution in [3.63, 3.8) is 0 Å². The topological polar surface area (TPSA) is 46.6 Å². The van der Waals surface area contributed by atoms with Gasteiger partial charge in [-0.2, -0.15) is 0 Å². The second-order valence-corrected chi connectivity index (χ2v) is 7.38. The molecule has 0 aliphatic carbocycles. The van der Waals surface area contributed by atoms with Crippen molar-refractivity contribution in [2.45, 2.75) is 52.1 Å². The zero-order chi connectivity index (χ0) is 17.0. The highest BCUT2D eigenvalue weighted by Gasteiger charge is 2.31. The summed E-state index contributed by atoms with van der Waals surface area (Å²) < 4.78 is 5.41. The van der Waals surface area contributed by atoms with E-state index in [1.807, 2.05) is 52.0 Å². The van der Waals surface area contributed by atoms with Crippen LogP contribution in [0.2, 0.25) is 0 Å². The summed E-state index contributed by atoms with van der Waals surface area (Å²) in [5, 5.41) is 0. The van der Waals surface area contributed by atoms with Gasteiger partial charge in [0.15, 0.2) is 0 Å². The molecule has 1 heterocycles. The average molecular weight is 317 g/mol. The monoisotopic (exact) mass is 317 g/mol. The summed E-state index contributed by atoms with van der Waals surface area (Å²) in [7, 11) is 0. The maximum Gasteiger partial charge on any atom is 0.410 e. The number of hydrogen-bond acceptors (Lipinski definition) is 3. The maximum absolute atomic E-state index is 12.1. The van der Waals surface area contributed by atoms with Gasteiger partial charge in [0.05, 0.1) is 0 Å². The number of amides is 1. The summed E-state index contributed by atoms with van der Waals surface area (Å²) in [6.45, 7) is 8.96. The zero-order valence-corrected chi connectivity index (χ0v) is 14.5. The van der Waals surface area contributed by atoms with Gasteiger partial charge in [0.25, 0.3) is 0 Å². The highest BCUT2D eigenvalue weighted by atomic mass is 16.6. The van der Waals surface area contributed by atoms with Crippen LogP contribution >= 0.6 is 0 Å². The number of carbonyl (C=O) groups is 2. The molecule has 0 bridgehead atoms. The molecule has 2 rings (SSSR count). The Kier molecular flexibility index (Phi) is 5.45. The van der Waals surface area contributed by atoms with Crippen molar-refractivity contribution in [2.24, 2.45) is 5.92 Å². The Morgan fingerprint density at radius 2 is 1.78 bits per heavy atom. The van der Waals surface area contributed by atoms with Crippen LogP contribution in [0, 0.1) is 12.8 Å². The number of rotatable bonds is 3. The van der Waals surface area contributed by atoms with Gasteiger partial charge < -0.3 is 14.4 Å². The predicted molar refractivity (Wildman–Crippen MR) is 90.5 cm³/mol. The second kappa shape index (κ2) is 7.16. The van der Waals surface area contributed by atoms with Crippen LogP contribution in [0.3, 0.4) is 0 Å². The van der Waals surface area contributed by atoms with Crippen molar-refractivity contribution in [2.75, 3.05) is 13.1 Å². The van der Waals surface area contributed by atoms with E-state index in [-0.39, 0.29) is 17.9 Å². The quantitative estimate of drug-likeness (QED) is 0.794. The van der Waals surface area contributed by atoms with E-state index in [1.54, 1.807) is 4.90 Å². The molecule has 0 aromatic heterocycles. The average Bonchev–Trinajstić information content (AvgIpc) is 2.49. The number of ether oxygens (including phenoxy) is 1. The van der Waals surface area contributed by atoms with E-state index in [9.17, 15) is 9.59 Å². The van der Waals surface area contributed by atoms with E-state index in [0.29, 0.717) is 13.1 Å². The van der Waals surface area contributed by atoms with Crippen molar-refractivity contribution in [3.8, 4) is 0 Å². The highest BCUT2D eigenvalue weighted by molar-refractivity contribution is 5.68. The molecule has 4 heteroatoms. The van der Waals surface area contributed by atoms with Crippen LogP contribution < -0.4 is 0 Å². The lowest BCUT2D eigenvalue weighted by Crippen LogP contribution is -2.42. The van der Waals surface area contributed by atoms with Crippen LogP contribution in [0.5, 0.6) is 0 Å². The summed E-state index contributed by atoms with van der Waals surface area (Å²) in [6.07, 6.45) is 2.46. The Labute approximate surface area is 138 Å². The largest absolute Gasteiger partial charge is 0.444 e. The number of likely N-dealkylation sites (tertiary alicyclic amines) is 1. The maximum atomic E-state index is 12.1. The van der Waals surface area contributed by atoms with Gasteiger partial charge in [-0.3, -0.25) is 0 Å². The normalized spacial score (nSPS) is 17.7. The lowest BCUT2D eigenvalue weighted by molar-refractivity contribution is -0.110. The minimum atomic E-state index is -0.471. The summed E-state index contributed by atoms with van der Waals surface area (Å²) in [5.41, 5.74) is 1.79. The Bertz CT molecular complexity index is 537. The summed E-state index contributed by atoms with van der Waals surface area (Å²) in [4.78, 5) is 25.4. The van der Waals surface area contributed by atoms with Crippen molar-refractivity contribution in [3.05, 3.63) is 35.4 Å². The Morgan fingerprint density at radius 1 is 1.22 bits per heavy atom. The van der Waals surface area contributed by atoms with Crippen molar-refractivity contribution < 1.29 is 14.3 Å². The standard InChI is InChI=1S/C19H27NO3/c1-14-5-7-15(8-6-14)17(13-21)16-9-11-20(12-10-16)18(22)23-19(2,3)4/h5-8,13,16-17H,9-12H2,1-4H3. The first-order valence-corrected chi connectivity index (χ1v) is 8.30. The van der Waals surface area contributed by atoms with Crippen LogP contribution in [0.15, 0.2) is 24.3 Å². The molecule has 1 atom stereocenters. The number of piperidine rings is 1. The molecule has 1 unspecified atom stereocenters. The molecular weight excluding hydrogens is 290 g/mol. The Balaban J connectivity index is 1.96. The fraction of sp³-hybridized carbons (Fsp3) is 0.579. The molecule has 4 nitrogen and oxygen atoms in total. The zero-order valence-electron chi connectivity index (χ0n) is 14.5. The minimum Gasteiger partial charge on any atom is -0.444 e. The number of hydrogen-bond donors (Lipinski definition) is 0. The molecule has 1 aromatic rings. The van der Waals surface area contributed by atoms with Crippen molar-refractivity contribution >= 4 is 12.4 Å². The number of aldehydes is 1. The molecule has 1 fully saturated rings. The Hall–Kier alpha value is -1.84. The molecule has 1 amide bonds. The van der Waals surface area contributed by atoms with E-state index in [2.05, 4.69) is 0 Å². The van der Waals surface area contributed by atoms with E-state index >= 15 is 0 Å². The van der Waals surface area contributed by atoms with Crippen molar-refractivity contribution in [1.29, 1.82) is 0 Å². The third-order valence-corrected chi connectivity index (χ3v) is 4.31. The molecule has 1 aromatic carbocycles. The first kappa shape index (κ1) is 17.5. The van der Waals surface area contributed by atoms with Crippen molar-refractivity contribution in [1.82, 2.24) is 4.90 Å². The van der Waals surface area contributed by atoms with Gasteiger partial charge in [0.2, 0.25) is 0 Å². The predicted octanol–water partition coefficient (Wildman–Crippen LogP) is 3.92. The van der Waals surface area contributed by atoms with E-state index < -0.39 is 5.60 Å². The van der Waals surface area contributed by atoms with E-state index in [4.69, 9.17) is 4.74 Å². The molecule has 126 valence electrons. The van der Waals surface area contributed by atoms with Gasteiger partial charge >= 0.3 is 6.09 Å². The van der Waals surface area contributed by atoms with Crippen LogP contribution in [-0.4, -0.2) is 36.0 Å². The molecule has 0 radical (unpaired) electrons. The fourth-order valence-electron chi connectivity index (χ4n) is 3.02.